The highest BCUT2D eigenvalue weighted by molar-refractivity contribution is 7.89. The van der Waals surface area contributed by atoms with Gasteiger partial charge in [0.25, 0.3) is 0 Å². The number of hydrogen-bond acceptors (Lipinski definition) is 4. The van der Waals surface area contributed by atoms with E-state index in [4.69, 9.17) is 0 Å². The fourth-order valence-corrected chi connectivity index (χ4v) is 6.05. The van der Waals surface area contributed by atoms with E-state index in [0.717, 1.165) is 34.4 Å². The molecule has 1 atom stereocenters. The maximum absolute atomic E-state index is 13.9. The van der Waals surface area contributed by atoms with E-state index in [9.17, 15) is 26.4 Å². The molecule has 0 radical (unpaired) electrons. The van der Waals surface area contributed by atoms with Crippen LogP contribution in [0.15, 0.2) is 23.1 Å². The number of rotatable bonds is 5. The van der Waals surface area contributed by atoms with Gasteiger partial charge in [0.05, 0.1) is 16.6 Å². The summed E-state index contributed by atoms with van der Waals surface area (Å²) in [5.41, 5.74) is 2.81. The summed E-state index contributed by atoms with van der Waals surface area (Å²) < 4.78 is 68.6. The SMILES string of the molecule is Cc1cc(C)c(C)c(S(=O)(=O)N2CCN(C(C)C(=O)Nc3ccc(F)c(F)c3F)CC2)c1C. The molecule has 1 N–H and O–H groups in total. The predicted octanol–water partition coefficient (Wildman–Crippen LogP) is 3.67. The Morgan fingerprint density at radius 3 is 2.03 bits per heavy atom. The summed E-state index contributed by atoms with van der Waals surface area (Å²) in [6, 6.07) is 2.93. The number of benzene rings is 2. The first-order valence-electron chi connectivity index (χ1n) is 10.6. The lowest BCUT2D eigenvalue weighted by molar-refractivity contribution is -0.121. The number of halogens is 3. The van der Waals surface area contributed by atoms with Gasteiger partial charge in [0.2, 0.25) is 15.9 Å². The maximum atomic E-state index is 13.9. The lowest BCUT2D eigenvalue weighted by Gasteiger charge is -2.37. The Labute approximate surface area is 192 Å². The molecule has 33 heavy (non-hydrogen) atoms. The van der Waals surface area contributed by atoms with Crippen LogP contribution in [-0.2, 0) is 14.8 Å². The molecule has 0 bridgehead atoms. The minimum Gasteiger partial charge on any atom is -0.322 e. The second-order valence-electron chi connectivity index (χ2n) is 8.42. The van der Waals surface area contributed by atoms with Crippen molar-refractivity contribution in [1.82, 2.24) is 9.21 Å². The maximum Gasteiger partial charge on any atom is 0.243 e. The van der Waals surface area contributed by atoms with E-state index < -0.39 is 45.1 Å². The van der Waals surface area contributed by atoms with Crippen molar-refractivity contribution in [3.63, 3.8) is 0 Å². The number of nitrogens with one attached hydrogen (secondary N) is 1. The first-order valence-corrected chi connectivity index (χ1v) is 12.1. The highest BCUT2D eigenvalue weighted by atomic mass is 32.2. The van der Waals surface area contributed by atoms with E-state index in [1.54, 1.807) is 25.7 Å². The van der Waals surface area contributed by atoms with Crippen LogP contribution in [0.4, 0.5) is 18.9 Å². The van der Waals surface area contributed by atoms with Crippen LogP contribution < -0.4 is 5.32 Å². The Hall–Kier alpha value is -2.43. The second kappa shape index (κ2) is 9.44. The Balaban J connectivity index is 1.71. The van der Waals surface area contributed by atoms with Gasteiger partial charge in [-0.1, -0.05) is 6.07 Å². The normalized spacial score (nSPS) is 16.6. The van der Waals surface area contributed by atoms with Crippen molar-refractivity contribution in [1.29, 1.82) is 0 Å². The van der Waals surface area contributed by atoms with Crippen molar-refractivity contribution in [2.45, 2.75) is 45.6 Å². The number of carbonyl (C=O) groups excluding carboxylic acids is 1. The number of carbonyl (C=O) groups is 1. The van der Waals surface area contributed by atoms with E-state index >= 15 is 0 Å². The monoisotopic (exact) mass is 483 g/mol. The van der Waals surface area contributed by atoms with Gasteiger partial charge in [-0.25, -0.2) is 21.6 Å². The van der Waals surface area contributed by atoms with Crippen molar-refractivity contribution in [3.05, 3.63) is 57.9 Å². The molecule has 180 valence electrons. The Morgan fingerprint density at radius 1 is 0.939 bits per heavy atom. The van der Waals surface area contributed by atoms with Crippen LogP contribution in [0.25, 0.3) is 0 Å². The van der Waals surface area contributed by atoms with Crippen LogP contribution in [0.5, 0.6) is 0 Å². The van der Waals surface area contributed by atoms with Gasteiger partial charge in [0.15, 0.2) is 17.5 Å². The fourth-order valence-electron chi connectivity index (χ4n) is 4.05. The number of anilines is 1. The summed E-state index contributed by atoms with van der Waals surface area (Å²) in [7, 11) is -3.72. The molecule has 1 amide bonds. The highest BCUT2D eigenvalue weighted by Gasteiger charge is 2.34. The minimum absolute atomic E-state index is 0.186. The van der Waals surface area contributed by atoms with Gasteiger partial charge in [0, 0.05) is 26.2 Å². The fraction of sp³-hybridized carbons (Fsp3) is 0.435. The first-order chi connectivity index (χ1) is 15.4. The molecule has 2 aromatic rings. The molecule has 1 fully saturated rings. The van der Waals surface area contributed by atoms with Crippen molar-refractivity contribution < 1.29 is 26.4 Å². The molecule has 1 aliphatic heterocycles. The number of amides is 1. The molecule has 0 saturated carbocycles. The molecule has 1 unspecified atom stereocenters. The van der Waals surface area contributed by atoms with E-state index in [0.29, 0.717) is 4.90 Å². The zero-order chi connectivity index (χ0) is 24.7. The second-order valence-corrected chi connectivity index (χ2v) is 10.3. The molecule has 10 heteroatoms. The van der Waals surface area contributed by atoms with Crippen LogP contribution >= 0.6 is 0 Å². The van der Waals surface area contributed by atoms with Gasteiger partial charge in [-0.05, 0) is 69.0 Å². The number of sulfonamides is 1. The Bertz CT molecular complexity index is 1170. The molecule has 2 aromatic carbocycles. The lowest BCUT2D eigenvalue weighted by Crippen LogP contribution is -2.54. The van der Waals surface area contributed by atoms with Crippen molar-refractivity contribution in [2.24, 2.45) is 0 Å². The summed E-state index contributed by atoms with van der Waals surface area (Å²) in [6.07, 6.45) is 0. The third-order valence-electron chi connectivity index (χ3n) is 6.39. The van der Waals surface area contributed by atoms with Gasteiger partial charge < -0.3 is 5.32 Å². The molecule has 1 aliphatic rings. The standard InChI is InChI=1S/C23H28F3N3O3S/c1-13-12-14(2)16(4)22(15(13)3)33(31,32)29-10-8-28(9-11-29)17(5)23(30)27-19-7-6-18(24)20(25)21(19)26/h6-7,12,17H,8-11H2,1-5H3,(H,27,30). The number of aryl methyl sites for hydroxylation is 2. The Kier molecular flexibility index (Phi) is 7.21. The third kappa shape index (κ3) is 4.78. The van der Waals surface area contributed by atoms with Crippen LogP contribution in [0.3, 0.4) is 0 Å². The minimum atomic E-state index is -3.72. The topological polar surface area (TPSA) is 69.7 Å². The molecule has 1 heterocycles. The molecular weight excluding hydrogens is 455 g/mol. The largest absolute Gasteiger partial charge is 0.322 e. The van der Waals surface area contributed by atoms with Crippen molar-refractivity contribution >= 4 is 21.6 Å². The van der Waals surface area contributed by atoms with Gasteiger partial charge in [-0.3, -0.25) is 9.69 Å². The number of nitrogens with zero attached hydrogens (tertiary/aromatic N) is 2. The first kappa shape index (κ1) is 25.2. The summed E-state index contributed by atoms with van der Waals surface area (Å²) in [6.45, 7) is 9.91. The van der Waals surface area contributed by atoms with Gasteiger partial charge in [-0.15, -0.1) is 0 Å². The third-order valence-corrected chi connectivity index (χ3v) is 8.56. The van der Waals surface area contributed by atoms with Gasteiger partial charge >= 0.3 is 0 Å². The number of hydrogen-bond donors (Lipinski definition) is 1. The average Bonchev–Trinajstić information content (AvgIpc) is 2.77. The van der Waals surface area contributed by atoms with Crippen molar-refractivity contribution in [3.8, 4) is 0 Å². The molecule has 3 rings (SSSR count). The zero-order valence-corrected chi connectivity index (χ0v) is 20.1. The number of piperazine rings is 1. The highest BCUT2D eigenvalue weighted by Crippen LogP contribution is 2.29. The summed E-state index contributed by atoms with van der Waals surface area (Å²) in [5, 5.41) is 2.28. The predicted molar refractivity (Wildman–Crippen MR) is 120 cm³/mol. The molecular formula is C23H28F3N3O3S. The van der Waals surface area contributed by atoms with Crippen LogP contribution in [0.2, 0.25) is 0 Å². The lowest BCUT2D eigenvalue weighted by atomic mass is 10.0. The Morgan fingerprint density at radius 2 is 1.48 bits per heavy atom. The van der Waals surface area contributed by atoms with Crippen LogP contribution in [0.1, 0.15) is 29.2 Å². The van der Waals surface area contributed by atoms with E-state index in [2.05, 4.69) is 5.32 Å². The molecule has 6 nitrogen and oxygen atoms in total. The van der Waals surface area contributed by atoms with Gasteiger partial charge in [0.1, 0.15) is 0 Å². The summed E-state index contributed by atoms with van der Waals surface area (Å²) in [4.78, 5) is 14.6. The summed E-state index contributed by atoms with van der Waals surface area (Å²) >= 11 is 0. The van der Waals surface area contributed by atoms with E-state index in [1.165, 1.54) is 4.31 Å². The quantitative estimate of drug-likeness (QED) is 0.659. The molecule has 0 aliphatic carbocycles. The zero-order valence-electron chi connectivity index (χ0n) is 19.3. The van der Waals surface area contributed by atoms with Crippen molar-refractivity contribution in [2.75, 3.05) is 31.5 Å². The average molecular weight is 484 g/mol. The van der Waals surface area contributed by atoms with Crippen LogP contribution in [0, 0.1) is 45.1 Å². The smallest absolute Gasteiger partial charge is 0.243 e. The summed E-state index contributed by atoms with van der Waals surface area (Å²) in [5.74, 6) is -5.07. The van der Waals surface area contributed by atoms with Crippen LogP contribution in [-0.4, -0.2) is 55.8 Å². The molecule has 1 saturated heterocycles. The molecule has 0 spiro atoms. The van der Waals surface area contributed by atoms with Gasteiger partial charge in [-0.2, -0.15) is 4.31 Å². The van der Waals surface area contributed by atoms with E-state index in [-0.39, 0.29) is 26.2 Å². The molecule has 0 aromatic heterocycles. The van der Waals surface area contributed by atoms with E-state index in [1.807, 2.05) is 19.9 Å².